The number of rotatable bonds is 11. The number of benzene rings is 1. The Balaban J connectivity index is 2.01. The van der Waals surface area contributed by atoms with Crippen molar-refractivity contribution in [1.82, 2.24) is 14.8 Å². The molecule has 1 atom stereocenters. The number of fused-ring (bicyclic) bond motifs is 3. The van der Waals surface area contributed by atoms with Crippen LogP contribution in [-0.4, -0.2) is 73.5 Å². The number of aldehydes is 1. The summed E-state index contributed by atoms with van der Waals surface area (Å²) >= 11 is 1.50. The zero-order chi connectivity index (χ0) is 22.4. The van der Waals surface area contributed by atoms with Gasteiger partial charge >= 0.3 is 0 Å². The summed E-state index contributed by atoms with van der Waals surface area (Å²) in [6.45, 7) is 6.44. The van der Waals surface area contributed by atoms with E-state index in [0.29, 0.717) is 38.6 Å². The highest BCUT2D eigenvalue weighted by Crippen LogP contribution is 2.43. The van der Waals surface area contributed by atoms with Crippen molar-refractivity contribution in [2.24, 2.45) is 7.05 Å². The molecule has 0 saturated heterocycles. The summed E-state index contributed by atoms with van der Waals surface area (Å²) in [4.78, 5) is 27.7. The number of amides is 1. The maximum atomic E-state index is 13.2. The third-order valence-electron chi connectivity index (χ3n) is 5.66. The van der Waals surface area contributed by atoms with Crippen LogP contribution in [0.25, 0.3) is 10.9 Å². The fourth-order valence-electron chi connectivity index (χ4n) is 4.17. The van der Waals surface area contributed by atoms with E-state index >= 15 is 0 Å². The highest BCUT2D eigenvalue weighted by atomic mass is 32.2. The minimum Gasteiger partial charge on any atom is -0.383 e. The fourth-order valence-corrected chi connectivity index (χ4v) is 5.31. The lowest BCUT2D eigenvalue weighted by Gasteiger charge is -2.39. The highest BCUT2D eigenvalue weighted by Gasteiger charge is 2.47. The Hall–Kier alpha value is -1.87. The molecular formula is C23H33N3O4S. The van der Waals surface area contributed by atoms with Crippen LogP contribution in [-0.2, 0) is 31.6 Å². The zero-order valence-corrected chi connectivity index (χ0v) is 19.7. The van der Waals surface area contributed by atoms with Gasteiger partial charge in [-0.1, -0.05) is 30.0 Å². The lowest BCUT2D eigenvalue weighted by atomic mass is 9.88. The summed E-state index contributed by atoms with van der Waals surface area (Å²) in [7, 11) is 3.60. The minimum absolute atomic E-state index is 0.0561. The van der Waals surface area contributed by atoms with E-state index in [-0.39, 0.29) is 12.0 Å². The van der Waals surface area contributed by atoms with Gasteiger partial charge in [0.2, 0.25) is 5.91 Å². The number of aromatic nitrogens is 1. The first kappa shape index (κ1) is 23.8. The first-order valence-electron chi connectivity index (χ1n) is 10.7. The Morgan fingerprint density at radius 1 is 1.29 bits per heavy atom. The number of nitrogens with zero attached hydrogens (tertiary/aromatic N) is 2. The standard InChI is InChI=1S/C23H33N3O4S/c1-17(2)30-12-7-10-24-15-23(16-27)21-18-8-5-6-9-19(18)25(3)22(21)31-14-20(28)26(23)11-13-29-4/h5-6,8-9,16-17,24H,7,10-15H2,1-4H3. The molecule has 1 aliphatic rings. The summed E-state index contributed by atoms with van der Waals surface area (Å²) in [5, 5.41) is 5.39. The van der Waals surface area contributed by atoms with Crippen molar-refractivity contribution in [3.63, 3.8) is 0 Å². The molecule has 0 bridgehead atoms. The molecule has 8 heteroatoms. The van der Waals surface area contributed by atoms with Gasteiger partial charge in [0.05, 0.1) is 23.5 Å². The van der Waals surface area contributed by atoms with Crippen molar-refractivity contribution >= 4 is 34.9 Å². The number of para-hydroxylation sites is 1. The van der Waals surface area contributed by atoms with E-state index in [1.165, 1.54) is 11.8 Å². The summed E-state index contributed by atoms with van der Waals surface area (Å²) in [5.41, 5.74) is 0.852. The lowest BCUT2D eigenvalue weighted by Crippen LogP contribution is -2.57. The molecule has 3 rings (SSSR count). The van der Waals surface area contributed by atoms with Gasteiger partial charge in [0.15, 0.2) is 6.29 Å². The molecule has 1 aromatic carbocycles. The molecule has 0 aliphatic carbocycles. The molecule has 1 aromatic heterocycles. The van der Waals surface area contributed by atoms with Crippen molar-refractivity contribution in [2.45, 2.75) is 36.9 Å². The van der Waals surface area contributed by atoms with Crippen molar-refractivity contribution in [2.75, 3.05) is 45.7 Å². The van der Waals surface area contributed by atoms with Gasteiger partial charge in [-0.2, -0.15) is 0 Å². The summed E-state index contributed by atoms with van der Waals surface area (Å²) in [5.74, 6) is 0.234. The number of hydrogen-bond acceptors (Lipinski definition) is 6. The SMILES string of the molecule is COCCN1C(=O)CSc2c(c3ccccc3n2C)C1(C=O)CNCCCOC(C)C. The molecule has 0 radical (unpaired) electrons. The van der Waals surface area contributed by atoms with Crippen LogP contribution in [0.1, 0.15) is 25.8 Å². The monoisotopic (exact) mass is 447 g/mol. The average Bonchev–Trinajstić information content (AvgIpc) is 2.98. The first-order valence-corrected chi connectivity index (χ1v) is 11.7. The zero-order valence-electron chi connectivity index (χ0n) is 18.8. The van der Waals surface area contributed by atoms with Crippen molar-refractivity contribution < 1.29 is 19.1 Å². The molecule has 2 heterocycles. The number of aryl methyl sites for hydroxylation is 1. The smallest absolute Gasteiger partial charge is 0.234 e. The highest BCUT2D eigenvalue weighted by molar-refractivity contribution is 8.00. The Morgan fingerprint density at radius 3 is 2.77 bits per heavy atom. The molecule has 1 unspecified atom stereocenters. The van der Waals surface area contributed by atoms with E-state index in [1.807, 2.05) is 39.1 Å². The van der Waals surface area contributed by atoms with Crippen LogP contribution < -0.4 is 5.32 Å². The van der Waals surface area contributed by atoms with E-state index in [2.05, 4.69) is 16.0 Å². The van der Waals surface area contributed by atoms with E-state index in [0.717, 1.165) is 34.2 Å². The Bertz CT molecular complexity index is 914. The van der Waals surface area contributed by atoms with Crippen molar-refractivity contribution in [3.8, 4) is 0 Å². The summed E-state index contributed by atoms with van der Waals surface area (Å²) < 4.78 is 13.0. The van der Waals surface area contributed by atoms with Gasteiger partial charge in [-0.15, -0.1) is 0 Å². The number of methoxy groups -OCH3 is 1. The molecule has 170 valence electrons. The van der Waals surface area contributed by atoms with Crippen molar-refractivity contribution in [1.29, 1.82) is 0 Å². The molecule has 1 N–H and O–H groups in total. The van der Waals surface area contributed by atoms with Gasteiger partial charge in [0.25, 0.3) is 0 Å². The molecular weight excluding hydrogens is 414 g/mol. The molecule has 1 amide bonds. The van der Waals surface area contributed by atoms with Gasteiger partial charge in [-0.05, 0) is 32.9 Å². The van der Waals surface area contributed by atoms with E-state index in [4.69, 9.17) is 9.47 Å². The van der Waals surface area contributed by atoms with Gasteiger partial charge in [-0.25, -0.2) is 0 Å². The quantitative estimate of drug-likeness (QED) is 0.422. The molecule has 1 aliphatic heterocycles. The second-order valence-corrected chi connectivity index (χ2v) is 9.04. The first-order chi connectivity index (χ1) is 15.0. The van der Waals surface area contributed by atoms with Gasteiger partial charge in [0.1, 0.15) is 5.54 Å². The number of ether oxygens (including phenoxy) is 2. The van der Waals surface area contributed by atoms with Crippen LogP contribution >= 0.6 is 11.8 Å². The van der Waals surface area contributed by atoms with Gasteiger partial charge in [0, 0.05) is 50.3 Å². The fraction of sp³-hybridized carbons (Fsp3) is 0.565. The van der Waals surface area contributed by atoms with Crippen LogP contribution in [0.5, 0.6) is 0 Å². The van der Waals surface area contributed by atoms with Gasteiger partial charge in [-0.3, -0.25) is 4.79 Å². The molecule has 2 aromatic rings. The summed E-state index contributed by atoms with van der Waals surface area (Å²) in [6, 6.07) is 8.06. The number of carbonyl (C=O) groups excluding carboxylic acids is 2. The Kier molecular flexibility index (Phi) is 8.16. The molecule has 0 fully saturated rings. The molecule has 7 nitrogen and oxygen atoms in total. The second-order valence-electron chi connectivity index (χ2n) is 8.08. The molecule has 0 saturated carbocycles. The largest absolute Gasteiger partial charge is 0.383 e. The number of hydrogen-bond donors (Lipinski definition) is 1. The maximum Gasteiger partial charge on any atom is 0.234 e. The Labute approximate surface area is 188 Å². The van der Waals surface area contributed by atoms with E-state index in [1.54, 1.807) is 12.0 Å². The van der Waals surface area contributed by atoms with Gasteiger partial charge < -0.3 is 29.1 Å². The average molecular weight is 448 g/mol. The van der Waals surface area contributed by atoms with Crippen LogP contribution in [0, 0.1) is 0 Å². The topological polar surface area (TPSA) is 72.8 Å². The number of nitrogens with one attached hydrogen (secondary N) is 1. The molecule has 0 spiro atoms. The van der Waals surface area contributed by atoms with Crippen LogP contribution in [0.3, 0.4) is 0 Å². The lowest BCUT2D eigenvalue weighted by molar-refractivity contribution is -0.141. The Morgan fingerprint density at radius 2 is 2.06 bits per heavy atom. The molecule has 31 heavy (non-hydrogen) atoms. The number of carbonyl (C=O) groups is 2. The third-order valence-corrected chi connectivity index (χ3v) is 6.80. The predicted octanol–water partition coefficient (Wildman–Crippen LogP) is 2.56. The van der Waals surface area contributed by atoms with E-state index < -0.39 is 5.54 Å². The normalized spacial score (nSPS) is 19.1. The van der Waals surface area contributed by atoms with Crippen molar-refractivity contribution in [3.05, 3.63) is 29.8 Å². The predicted molar refractivity (Wildman–Crippen MR) is 124 cm³/mol. The van der Waals surface area contributed by atoms with Crippen LogP contribution in [0.4, 0.5) is 0 Å². The van der Waals surface area contributed by atoms with Crippen LogP contribution in [0.15, 0.2) is 29.3 Å². The maximum absolute atomic E-state index is 13.2. The third kappa shape index (κ3) is 4.82. The second kappa shape index (κ2) is 10.6. The summed E-state index contributed by atoms with van der Waals surface area (Å²) in [6.07, 6.45) is 1.96. The van der Waals surface area contributed by atoms with E-state index in [9.17, 15) is 9.59 Å². The minimum atomic E-state index is -1.10. The van der Waals surface area contributed by atoms with Crippen LogP contribution in [0.2, 0.25) is 0 Å². The number of thioether (sulfide) groups is 1.